The van der Waals surface area contributed by atoms with Crippen molar-refractivity contribution in [1.82, 2.24) is 0 Å². The van der Waals surface area contributed by atoms with Crippen LogP contribution in [0.15, 0.2) is 36.5 Å². The Morgan fingerprint density at radius 3 is 2.82 bits per heavy atom. The average molecular weight is 276 g/mol. The van der Waals surface area contributed by atoms with E-state index in [1.165, 1.54) is 8.93 Å². The molecule has 0 saturated heterocycles. The Morgan fingerprint density at radius 1 is 1.64 bits per heavy atom. The van der Waals surface area contributed by atoms with Gasteiger partial charge in [-0.3, -0.25) is 0 Å². The van der Waals surface area contributed by atoms with Crippen LogP contribution < -0.4 is 0 Å². The van der Waals surface area contributed by atoms with Crippen molar-refractivity contribution in [2.45, 2.75) is 6.92 Å². The Bertz CT molecular complexity index is 228. The molecule has 0 rings (SSSR count). The smallest absolute Gasteiger partial charge is 0.0251 e. The van der Waals surface area contributed by atoms with Gasteiger partial charge in [0.1, 0.15) is 0 Å². The van der Waals surface area contributed by atoms with Crippen molar-refractivity contribution < 1.29 is 0 Å². The van der Waals surface area contributed by atoms with Crippen molar-refractivity contribution in [3.63, 3.8) is 0 Å². The van der Waals surface area contributed by atoms with Gasteiger partial charge in [0, 0.05) is 26.8 Å². The predicted molar refractivity (Wildman–Crippen MR) is 62.5 cm³/mol. The fourth-order valence-electron chi connectivity index (χ4n) is 0.524. The summed E-state index contributed by atoms with van der Waals surface area (Å²) in [6, 6.07) is 0. The summed E-state index contributed by atoms with van der Waals surface area (Å²) in [4.78, 5) is 0. The standard InChI is InChI=1S/C9H9IS/c1-3-5-9(6-4-2)7-8-11-10/h3-6H,1H2,2H3/b6-4-,9-5+. The molecule has 0 aliphatic heterocycles. The lowest BCUT2D eigenvalue weighted by molar-refractivity contribution is 1.67. The summed E-state index contributed by atoms with van der Waals surface area (Å²) in [5.41, 5.74) is 0.992. The molecule has 0 aliphatic carbocycles. The van der Waals surface area contributed by atoms with Gasteiger partial charge in [-0.25, -0.2) is 0 Å². The van der Waals surface area contributed by atoms with E-state index in [1.54, 1.807) is 6.08 Å². The topological polar surface area (TPSA) is 0 Å². The van der Waals surface area contributed by atoms with Crippen LogP contribution in [0.25, 0.3) is 0 Å². The summed E-state index contributed by atoms with van der Waals surface area (Å²) in [5.74, 6) is 2.98. The second kappa shape index (κ2) is 7.96. The first-order valence-electron chi connectivity index (χ1n) is 3.09. The zero-order chi connectivity index (χ0) is 8.53. The maximum Gasteiger partial charge on any atom is 0.0251 e. The van der Waals surface area contributed by atoms with Crippen LogP contribution in [0.4, 0.5) is 0 Å². The fourth-order valence-corrected chi connectivity index (χ4v) is 1.01. The predicted octanol–water partition coefficient (Wildman–Crippen LogP) is 3.72. The first kappa shape index (κ1) is 10.9. The molecule has 0 aromatic heterocycles. The summed E-state index contributed by atoms with van der Waals surface area (Å²) in [6.45, 7) is 5.57. The highest BCUT2D eigenvalue weighted by molar-refractivity contribution is 14.2. The van der Waals surface area contributed by atoms with Crippen molar-refractivity contribution in [1.29, 1.82) is 0 Å². The number of allylic oxidation sites excluding steroid dienone is 5. The van der Waals surface area contributed by atoms with Gasteiger partial charge in [0.05, 0.1) is 0 Å². The van der Waals surface area contributed by atoms with E-state index in [0.29, 0.717) is 0 Å². The van der Waals surface area contributed by atoms with Crippen LogP contribution in [0.3, 0.4) is 0 Å². The van der Waals surface area contributed by atoms with Crippen molar-refractivity contribution in [3.8, 4) is 11.2 Å². The van der Waals surface area contributed by atoms with Crippen LogP contribution in [0, 0.1) is 11.2 Å². The Balaban J connectivity index is 4.34. The van der Waals surface area contributed by atoms with Crippen molar-refractivity contribution >= 4 is 30.1 Å². The van der Waals surface area contributed by atoms with Gasteiger partial charge in [-0.2, -0.15) is 0 Å². The molecule has 2 heteroatoms. The van der Waals surface area contributed by atoms with Gasteiger partial charge < -0.3 is 0 Å². The number of hydrogen-bond acceptors (Lipinski definition) is 1. The van der Waals surface area contributed by atoms with Crippen LogP contribution in [-0.4, -0.2) is 0 Å². The summed E-state index contributed by atoms with van der Waals surface area (Å²) < 4.78 is 0. The molecule has 0 aromatic rings. The molecule has 0 bridgehead atoms. The highest BCUT2D eigenvalue weighted by atomic mass is 127. The lowest BCUT2D eigenvalue weighted by Crippen LogP contribution is -1.68. The van der Waals surface area contributed by atoms with Crippen molar-refractivity contribution in [2.75, 3.05) is 0 Å². The second-order valence-corrected chi connectivity index (χ2v) is 3.34. The first-order chi connectivity index (χ1) is 5.35. The Morgan fingerprint density at radius 2 is 2.36 bits per heavy atom. The maximum atomic E-state index is 3.60. The number of halogens is 1. The molecule has 11 heavy (non-hydrogen) atoms. The van der Waals surface area contributed by atoms with E-state index in [1.807, 2.05) is 25.2 Å². The van der Waals surface area contributed by atoms with Crippen LogP contribution >= 0.6 is 30.1 Å². The largest absolute Gasteiger partial charge is 0.0990 e. The molecule has 58 valence electrons. The lowest BCUT2D eigenvalue weighted by atomic mass is 10.2. The van der Waals surface area contributed by atoms with Crippen molar-refractivity contribution in [2.24, 2.45) is 0 Å². The van der Waals surface area contributed by atoms with Gasteiger partial charge in [-0.1, -0.05) is 30.7 Å². The summed E-state index contributed by atoms with van der Waals surface area (Å²) in [5, 5.41) is 2.90. The highest BCUT2D eigenvalue weighted by Gasteiger charge is 1.79. The third-order valence-electron chi connectivity index (χ3n) is 0.878. The van der Waals surface area contributed by atoms with Gasteiger partial charge in [0.25, 0.3) is 0 Å². The van der Waals surface area contributed by atoms with Gasteiger partial charge in [-0.15, -0.1) is 0 Å². The second-order valence-electron chi connectivity index (χ2n) is 1.66. The average Bonchev–Trinajstić information content (AvgIpc) is 2.01. The van der Waals surface area contributed by atoms with E-state index < -0.39 is 0 Å². The molecule has 0 unspecified atom stereocenters. The van der Waals surface area contributed by atoms with Gasteiger partial charge in [0.15, 0.2) is 0 Å². The summed E-state index contributed by atoms with van der Waals surface area (Å²) in [7, 11) is 1.48. The van der Waals surface area contributed by atoms with E-state index in [2.05, 4.69) is 39.0 Å². The minimum Gasteiger partial charge on any atom is -0.0990 e. The maximum absolute atomic E-state index is 3.60. The molecule has 0 atom stereocenters. The summed E-state index contributed by atoms with van der Waals surface area (Å²) in [6.07, 6.45) is 7.55. The molecule has 0 aromatic carbocycles. The number of hydrogen-bond donors (Lipinski definition) is 0. The zero-order valence-electron chi connectivity index (χ0n) is 6.30. The van der Waals surface area contributed by atoms with Crippen LogP contribution in [0.5, 0.6) is 0 Å². The molecule has 0 spiro atoms. The molecular weight excluding hydrogens is 267 g/mol. The highest BCUT2D eigenvalue weighted by Crippen LogP contribution is 2.08. The van der Waals surface area contributed by atoms with Gasteiger partial charge >= 0.3 is 0 Å². The van der Waals surface area contributed by atoms with Crippen LogP contribution in [0.1, 0.15) is 6.92 Å². The Hall–Kier alpha value is -0.140. The minimum atomic E-state index is 0.992. The molecule has 0 heterocycles. The van der Waals surface area contributed by atoms with Crippen molar-refractivity contribution in [3.05, 3.63) is 36.5 Å². The van der Waals surface area contributed by atoms with Crippen LogP contribution in [0.2, 0.25) is 0 Å². The quantitative estimate of drug-likeness (QED) is 0.421. The molecule has 0 radical (unpaired) electrons. The SMILES string of the molecule is C=C/C=C(C#CSI)\C=C/C. The Kier molecular flexibility index (Phi) is 7.86. The number of rotatable bonds is 2. The molecule has 0 aliphatic rings. The van der Waals surface area contributed by atoms with E-state index >= 15 is 0 Å². The molecule has 0 saturated carbocycles. The van der Waals surface area contributed by atoms with E-state index in [0.717, 1.165) is 5.57 Å². The monoisotopic (exact) mass is 276 g/mol. The Labute approximate surface area is 84.4 Å². The van der Waals surface area contributed by atoms with Gasteiger partial charge in [-0.05, 0) is 27.2 Å². The van der Waals surface area contributed by atoms with E-state index in [4.69, 9.17) is 0 Å². The van der Waals surface area contributed by atoms with E-state index in [9.17, 15) is 0 Å². The third kappa shape index (κ3) is 6.27. The van der Waals surface area contributed by atoms with Crippen LogP contribution in [-0.2, 0) is 0 Å². The lowest BCUT2D eigenvalue weighted by Gasteiger charge is -1.84. The molecule has 0 fully saturated rings. The molecule has 0 amide bonds. The molecular formula is C9H9IS. The molecule has 0 nitrogen and oxygen atoms in total. The normalized spacial score (nSPS) is 10.9. The van der Waals surface area contributed by atoms with E-state index in [-0.39, 0.29) is 0 Å². The molecule has 0 N–H and O–H groups in total. The minimum absolute atomic E-state index is 0.992. The summed E-state index contributed by atoms with van der Waals surface area (Å²) >= 11 is 2.14. The fraction of sp³-hybridized carbons (Fsp3) is 0.111. The first-order valence-corrected chi connectivity index (χ1v) is 6.45. The van der Waals surface area contributed by atoms with Gasteiger partial charge in [0.2, 0.25) is 0 Å². The zero-order valence-corrected chi connectivity index (χ0v) is 9.28. The third-order valence-corrected chi connectivity index (χ3v) is 1.72.